The second kappa shape index (κ2) is 7.91. The molecule has 2 fully saturated rings. The summed E-state index contributed by atoms with van der Waals surface area (Å²) >= 11 is 1.45. The molecule has 2 aromatic rings. The third-order valence-corrected chi connectivity index (χ3v) is 6.91. The fourth-order valence-corrected chi connectivity index (χ4v) is 5.24. The normalized spacial score (nSPS) is 26.4. The van der Waals surface area contributed by atoms with Gasteiger partial charge in [0.15, 0.2) is 0 Å². The van der Waals surface area contributed by atoms with Crippen LogP contribution in [0.25, 0.3) is 0 Å². The lowest BCUT2D eigenvalue weighted by Crippen LogP contribution is -2.63. The molecule has 1 N–H and O–H groups in total. The molecule has 3 heterocycles. The summed E-state index contributed by atoms with van der Waals surface area (Å²) in [5, 5.41) is 12.7. The second-order valence-electron chi connectivity index (χ2n) is 7.60. The van der Waals surface area contributed by atoms with E-state index >= 15 is 0 Å². The van der Waals surface area contributed by atoms with Crippen LogP contribution in [0.2, 0.25) is 0 Å². The van der Waals surface area contributed by atoms with Gasteiger partial charge in [-0.15, -0.1) is 11.3 Å². The standard InChI is InChI=1S/C21H27N3O3S/c1-15-19(28-16(2)22-15)20(25)24-9-8-21(26,17-6-4-3-5-7-17)18(14-24)23-10-12-27-13-11-23/h3-7,18,26H,8-14H2,1-2H3/t18-,21+/m1/s1. The quantitative estimate of drug-likeness (QED) is 0.854. The summed E-state index contributed by atoms with van der Waals surface area (Å²) in [6.07, 6.45) is 0.515. The van der Waals surface area contributed by atoms with Gasteiger partial charge in [-0.05, 0) is 25.8 Å². The van der Waals surface area contributed by atoms with Gasteiger partial charge >= 0.3 is 0 Å². The van der Waals surface area contributed by atoms with Crippen LogP contribution in [-0.4, -0.2) is 71.2 Å². The molecule has 28 heavy (non-hydrogen) atoms. The van der Waals surface area contributed by atoms with Gasteiger partial charge in [-0.3, -0.25) is 9.69 Å². The number of morpholine rings is 1. The number of benzene rings is 1. The van der Waals surface area contributed by atoms with Crippen LogP contribution in [0.3, 0.4) is 0 Å². The molecular weight excluding hydrogens is 374 g/mol. The average molecular weight is 402 g/mol. The third kappa shape index (κ3) is 3.59. The van der Waals surface area contributed by atoms with Gasteiger partial charge in [0.25, 0.3) is 5.91 Å². The van der Waals surface area contributed by atoms with E-state index in [-0.39, 0.29) is 11.9 Å². The van der Waals surface area contributed by atoms with Crippen molar-refractivity contribution in [1.82, 2.24) is 14.8 Å². The summed E-state index contributed by atoms with van der Waals surface area (Å²) < 4.78 is 5.52. The van der Waals surface area contributed by atoms with Gasteiger partial charge in [0.2, 0.25) is 0 Å². The van der Waals surface area contributed by atoms with Gasteiger partial charge in [-0.1, -0.05) is 30.3 Å². The summed E-state index contributed by atoms with van der Waals surface area (Å²) in [7, 11) is 0. The minimum atomic E-state index is -0.978. The lowest BCUT2D eigenvalue weighted by Gasteiger charge is -2.50. The van der Waals surface area contributed by atoms with Crippen LogP contribution in [0, 0.1) is 13.8 Å². The Labute approximate surface area is 169 Å². The zero-order valence-corrected chi connectivity index (χ0v) is 17.2. The molecule has 0 bridgehead atoms. The Hall–Kier alpha value is -1.80. The Morgan fingerprint density at radius 1 is 1.21 bits per heavy atom. The number of nitrogens with zero attached hydrogens (tertiary/aromatic N) is 3. The molecule has 2 aliphatic rings. The summed E-state index contributed by atoms with van der Waals surface area (Å²) in [5.41, 5.74) is 0.733. The molecular formula is C21H27N3O3S. The van der Waals surface area contributed by atoms with Crippen molar-refractivity contribution in [2.24, 2.45) is 0 Å². The number of carbonyl (C=O) groups excluding carboxylic acids is 1. The van der Waals surface area contributed by atoms with E-state index in [4.69, 9.17) is 4.74 Å². The van der Waals surface area contributed by atoms with E-state index < -0.39 is 5.60 Å². The highest BCUT2D eigenvalue weighted by Gasteiger charge is 2.47. The fourth-order valence-electron chi connectivity index (χ4n) is 4.35. The first kappa shape index (κ1) is 19.5. The minimum absolute atomic E-state index is 0.0245. The molecule has 0 radical (unpaired) electrons. The first-order valence-corrected chi connectivity index (χ1v) is 10.6. The van der Waals surface area contributed by atoms with Crippen molar-refractivity contribution >= 4 is 17.2 Å². The monoisotopic (exact) mass is 401 g/mol. The van der Waals surface area contributed by atoms with Crippen LogP contribution >= 0.6 is 11.3 Å². The van der Waals surface area contributed by atoms with Crippen molar-refractivity contribution < 1.29 is 14.6 Å². The van der Waals surface area contributed by atoms with Crippen molar-refractivity contribution in [3.63, 3.8) is 0 Å². The van der Waals surface area contributed by atoms with E-state index in [1.54, 1.807) is 0 Å². The van der Waals surface area contributed by atoms with Crippen LogP contribution in [0.4, 0.5) is 0 Å². The van der Waals surface area contributed by atoms with Gasteiger partial charge in [-0.2, -0.15) is 0 Å². The lowest BCUT2D eigenvalue weighted by molar-refractivity contribution is -0.112. The van der Waals surface area contributed by atoms with Gasteiger partial charge in [0.05, 0.1) is 30.0 Å². The van der Waals surface area contributed by atoms with Crippen molar-refractivity contribution in [1.29, 1.82) is 0 Å². The Morgan fingerprint density at radius 2 is 1.93 bits per heavy atom. The molecule has 1 aromatic heterocycles. The molecule has 6 nitrogen and oxygen atoms in total. The maximum Gasteiger partial charge on any atom is 0.265 e. The van der Waals surface area contributed by atoms with Crippen LogP contribution in [-0.2, 0) is 10.3 Å². The number of amides is 1. The zero-order chi connectivity index (χ0) is 19.7. The predicted molar refractivity (Wildman–Crippen MR) is 109 cm³/mol. The largest absolute Gasteiger partial charge is 0.383 e. The Balaban J connectivity index is 1.63. The molecule has 0 spiro atoms. The number of ether oxygens (including phenoxy) is 1. The van der Waals surface area contributed by atoms with Crippen molar-refractivity contribution in [3.05, 3.63) is 51.5 Å². The first-order valence-electron chi connectivity index (χ1n) is 9.82. The van der Waals surface area contributed by atoms with Gasteiger partial charge in [0, 0.05) is 26.2 Å². The highest BCUT2D eigenvalue weighted by molar-refractivity contribution is 7.13. The number of aromatic nitrogens is 1. The predicted octanol–water partition coefficient (Wildman–Crippen LogP) is 2.19. The molecule has 1 amide bonds. The van der Waals surface area contributed by atoms with E-state index in [0.29, 0.717) is 37.6 Å². The number of aryl methyl sites for hydroxylation is 2. The fraction of sp³-hybridized carbons (Fsp3) is 0.524. The number of aliphatic hydroxyl groups is 1. The number of rotatable bonds is 3. The maximum absolute atomic E-state index is 13.2. The topological polar surface area (TPSA) is 65.9 Å². The molecule has 0 unspecified atom stereocenters. The highest BCUT2D eigenvalue weighted by Crippen LogP contribution is 2.37. The smallest absolute Gasteiger partial charge is 0.265 e. The van der Waals surface area contributed by atoms with E-state index in [1.165, 1.54) is 11.3 Å². The number of piperidine rings is 1. The van der Waals surface area contributed by atoms with Crippen LogP contribution in [0.1, 0.15) is 32.4 Å². The number of hydrogen-bond donors (Lipinski definition) is 1. The molecule has 1 aromatic carbocycles. The summed E-state index contributed by atoms with van der Waals surface area (Å²) in [4.78, 5) is 22.5. The summed E-state index contributed by atoms with van der Waals surface area (Å²) in [6, 6.07) is 9.70. The Kier molecular flexibility index (Phi) is 5.51. The van der Waals surface area contributed by atoms with E-state index in [2.05, 4.69) is 9.88 Å². The number of carbonyl (C=O) groups is 1. The van der Waals surface area contributed by atoms with Crippen molar-refractivity contribution in [3.8, 4) is 0 Å². The molecule has 0 aliphatic carbocycles. The van der Waals surface area contributed by atoms with Gasteiger partial charge in [-0.25, -0.2) is 4.98 Å². The zero-order valence-electron chi connectivity index (χ0n) is 16.4. The Bertz CT molecular complexity index is 835. The van der Waals surface area contributed by atoms with E-state index in [1.807, 2.05) is 49.1 Å². The molecule has 4 rings (SSSR count). The minimum Gasteiger partial charge on any atom is -0.383 e. The van der Waals surface area contributed by atoms with E-state index in [9.17, 15) is 9.90 Å². The van der Waals surface area contributed by atoms with Crippen LogP contribution in [0.5, 0.6) is 0 Å². The van der Waals surface area contributed by atoms with Crippen molar-refractivity contribution in [2.75, 3.05) is 39.4 Å². The molecule has 7 heteroatoms. The molecule has 0 saturated carbocycles. The molecule has 2 saturated heterocycles. The van der Waals surface area contributed by atoms with Crippen LogP contribution in [0.15, 0.2) is 30.3 Å². The number of hydrogen-bond acceptors (Lipinski definition) is 6. The summed E-state index contributed by atoms with van der Waals surface area (Å²) in [5.74, 6) is 0.0245. The summed E-state index contributed by atoms with van der Waals surface area (Å²) in [6.45, 7) is 7.68. The van der Waals surface area contributed by atoms with E-state index in [0.717, 1.165) is 29.4 Å². The maximum atomic E-state index is 13.2. The van der Waals surface area contributed by atoms with Crippen molar-refractivity contribution in [2.45, 2.75) is 31.9 Å². The molecule has 2 aliphatic heterocycles. The van der Waals surface area contributed by atoms with Crippen LogP contribution < -0.4 is 0 Å². The average Bonchev–Trinajstić information content (AvgIpc) is 3.07. The lowest BCUT2D eigenvalue weighted by atomic mass is 9.79. The van der Waals surface area contributed by atoms with Gasteiger partial charge < -0.3 is 14.7 Å². The third-order valence-electron chi connectivity index (χ3n) is 5.85. The Morgan fingerprint density at radius 3 is 2.57 bits per heavy atom. The van der Waals surface area contributed by atoms with Gasteiger partial charge in [0.1, 0.15) is 10.5 Å². The first-order chi connectivity index (χ1) is 13.5. The molecule has 150 valence electrons. The number of thiazole rings is 1. The molecule has 2 atom stereocenters. The second-order valence-corrected chi connectivity index (χ2v) is 8.81. The SMILES string of the molecule is Cc1nc(C)c(C(=O)N2CC[C@](O)(c3ccccc3)[C@H](N3CCOCC3)C2)s1. The number of likely N-dealkylation sites (tertiary alicyclic amines) is 1. The highest BCUT2D eigenvalue weighted by atomic mass is 32.1.